The van der Waals surface area contributed by atoms with Gasteiger partial charge in [0.05, 0.1) is 6.04 Å². The van der Waals surface area contributed by atoms with E-state index in [1.807, 2.05) is 6.92 Å². The quantitative estimate of drug-likeness (QED) is 0.846. The third kappa shape index (κ3) is 2.12. The summed E-state index contributed by atoms with van der Waals surface area (Å²) in [7, 11) is 0. The van der Waals surface area contributed by atoms with Crippen LogP contribution in [0.1, 0.15) is 24.1 Å². The van der Waals surface area contributed by atoms with Crippen LogP contribution in [-0.2, 0) is 0 Å². The standard InChI is InChI=1S/C12H16N4/c1-9-3-5-11(6-4-9)12(10(2)13)16-8-14-7-15-16/h3-8,10,12H,13H2,1-2H3. The fourth-order valence-electron chi connectivity index (χ4n) is 1.82. The van der Waals surface area contributed by atoms with Crippen LogP contribution < -0.4 is 5.73 Å². The van der Waals surface area contributed by atoms with Crippen molar-refractivity contribution in [3.63, 3.8) is 0 Å². The molecule has 0 bridgehead atoms. The molecular weight excluding hydrogens is 200 g/mol. The molecule has 16 heavy (non-hydrogen) atoms. The summed E-state index contributed by atoms with van der Waals surface area (Å²) in [6.45, 7) is 4.05. The fraction of sp³-hybridized carbons (Fsp3) is 0.333. The maximum absolute atomic E-state index is 6.01. The Morgan fingerprint density at radius 3 is 2.44 bits per heavy atom. The lowest BCUT2D eigenvalue weighted by Gasteiger charge is -2.21. The first-order valence-electron chi connectivity index (χ1n) is 5.35. The van der Waals surface area contributed by atoms with Crippen LogP contribution in [0.15, 0.2) is 36.9 Å². The van der Waals surface area contributed by atoms with Gasteiger partial charge >= 0.3 is 0 Å². The van der Waals surface area contributed by atoms with Crippen molar-refractivity contribution in [2.24, 2.45) is 5.73 Å². The predicted octanol–water partition coefficient (Wildman–Crippen LogP) is 1.52. The highest BCUT2D eigenvalue weighted by atomic mass is 15.3. The molecule has 2 rings (SSSR count). The minimum Gasteiger partial charge on any atom is -0.326 e. The Bertz CT molecular complexity index is 431. The fourth-order valence-corrected chi connectivity index (χ4v) is 1.82. The van der Waals surface area contributed by atoms with Gasteiger partial charge in [0.1, 0.15) is 12.7 Å². The molecule has 0 radical (unpaired) electrons. The second-order valence-electron chi connectivity index (χ2n) is 4.09. The maximum Gasteiger partial charge on any atom is 0.137 e. The van der Waals surface area contributed by atoms with Crippen LogP contribution in [0.25, 0.3) is 0 Å². The zero-order valence-corrected chi connectivity index (χ0v) is 9.54. The molecule has 0 saturated heterocycles. The number of nitrogens with zero attached hydrogens (tertiary/aromatic N) is 3. The van der Waals surface area contributed by atoms with Crippen LogP contribution in [0, 0.1) is 6.92 Å². The Balaban J connectivity index is 2.37. The lowest BCUT2D eigenvalue weighted by molar-refractivity contribution is 0.453. The van der Waals surface area contributed by atoms with Crippen LogP contribution in [0.4, 0.5) is 0 Å². The molecule has 0 fully saturated rings. The molecule has 0 aliphatic rings. The highest BCUT2D eigenvalue weighted by molar-refractivity contribution is 5.25. The van der Waals surface area contributed by atoms with E-state index in [-0.39, 0.29) is 12.1 Å². The smallest absolute Gasteiger partial charge is 0.137 e. The summed E-state index contributed by atoms with van der Waals surface area (Å²) >= 11 is 0. The minimum atomic E-state index is -0.00981. The average Bonchev–Trinajstić information content (AvgIpc) is 2.74. The van der Waals surface area contributed by atoms with E-state index in [1.54, 1.807) is 11.0 Å². The number of nitrogens with two attached hydrogens (primary N) is 1. The van der Waals surface area contributed by atoms with Crippen LogP contribution >= 0.6 is 0 Å². The molecule has 4 heteroatoms. The molecule has 4 nitrogen and oxygen atoms in total. The van der Waals surface area contributed by atoms with Crippen LogP contribution in [0.2, 0.25) is 0 Å². The van der Waals surface area contributed by atoms with Gasteiger partial charge in [-0.3, -0.25) is 0 Å². The minimum absolute atomic E-state index is 0.00981. The highest BCUT2D eigenvalue weighted by Gasteiger charge is 2.18. The zero-order valence-electron chi connectivity index (χ0n) is 9.54. The second-order valence-corrected chi connectivity index (χ2v) is 4.09. The first kappa shape index (κ1) is 10.8. The Morgan fingerprint density at radius 1 is 1.25 bits per heavy atom. The summed E-state index contributed by atoms with van der Waals surface area (Å²) in [5.74, 6) is 0. The van der Waals surface area contributed by atoms with Gasteiger partial charge in [-0.2, -0.15) is 5.10 Å². The third-order valence-corrected chi connectivity index (χ3v) is 2.64. The van der Waals surface area contributed by atoms with E-state index in [2.05, 4.69) is 41.3 Å². The van der Waals surface area contributed by atoms with E-state index in [1.165, 1.54) is 11.9 Å². The summed E-state index contributed by atoms with van der Waals surface area (Å²) in [6.07, 6.45) is 3.23. The lowest BCUT2D eigenvalue weighted by Crippen LogP contribution is -2.30. The monoisotopic (exact) mass is 216 g/mol. The second kappa shape index (κ2) is 4.45. The third-order valence-electron chi connectivity index (χ3n) is 2.64. The Morgan fingerprint density at radius 2 is 1.94 bits per heavy atom. The number of benzene rings is 1. The van der Waals surface area contributed by atoms with E-state index in [9.17, 15) is 0 Å². The Kier molecular flexibility index (Phi) is 3.01. The van der Waals surface area contributed by atoms with Crippen molar-refractivity contribution in [1.82, 2.24) is 14.8 Å². The van der Waals surface area contributed by atoms with Crippen LogP contribution in [0.3, 0.4) is 0 Å². The number of hydrogen-bond donors (Lipinski definition) is 1. The average molecular weight is 216 g/mol. The molecule has 0 amide bonds. The van der Waals surface area contributed by atoms with Gasteiger partial charge in [-0.25, -0.2) is 9.67 Å². The zero-order chi connectivity index (χ0) is 11.5. The molecule has 1 aromatic carbocycles. The Labute approximate surface area is 95.1 Å². The van der Waals surface area contributed by atoms with E-state index >= 15 is 0 Å². The highest BCUT2D eigenvalue weighted by Crippen LogP contribution is 2.20. The Hall–Kier alpha value is -1.68. The van der Waals surface area contributed by atoms with Gasteiger partial charge < -0.3 is 5.73 Å². The van der Waals surface area contributed by atoms with Gasteiger partial charge in [-0.05, 0) is 19.4 Å². The van der Waals surface area contributed by atoms with Gasteiger partial charge in [-0.1, -0.05) is 29.8 Å². The molecule has 2 unspecified atom stereocenters. The van der Waals surface area contributed by atoms with E-state index in [0.29, 0.717) is 0 Å². The summed E-state index contributed by atoms with van der Waals surface area (Å²) in [5, 5.41) is 4.16. The molecule has 1 heterocycles. The first-order chi connectivity index (χ1) is 7.68. The van der Waals surface area contributed by atoms with Gasteiger partial charge in [0.25, 0.3) is 0 Å². The normalized spacial score (nSPS) is 14.7. The lowest BCUT2D eigenvalue weighted by atomic mass is 10.0. The molecule has 0 saturated carbocycles. The van der Waals surface area contributed by atoms with Gasteiger partial charge in [0, 0.05) is 6.04 Å². The molecule has 0 aliphatic heterocycles. The number of aromatic nitrogens is 3. The van der Waals surface area contributed by atoms with Crippen molar-refractivity contribution < 1.29 is 0 Å². The SMILES string of the molecule is Cc1ccc(C(C(C)N)n2cncn2)cc1. The van der Waals surface area contributed by atoms with E-state index in [4.69, 9.17) is 5.73 Å². The summed E-state index contributed by atoms with van der Waals surface area (Å²) < 4.78 is 1.80. The largest absolute Gasteiger partial charge is 0.326 e. The van der Waals surface area contributed by atoms with Crippen molar-refractivity contribution in [2.75, 3.05) is 0 Å². The molecule has 0 spiro atoms. The first-order valence-corrected chi connectivity index (χ1v) is 5.35. The summed E-state index contributed by atoms with van der Waals surface area (Å²) in [6, 6.07) is 8.38. The van der Waals surface area contributed by atoms with Crippen molar-refractivity contribution in [3.8, 4) is 0 Å². The van der Waals surface area contributed by atoms with Crippen LogP contribution in [0.5, 0.6) is 0 Å². The maximum atomic E-state index is 6.01. The molecule has 0 aliphatic carbocycles. The molecular formula is C12H16N4. The van der Waals surface area contributed by atoms with Gasteiger partial charge in [-0.15, -0.1) is 0 Å². The number of rotatable bonds is 3. The van der Waals surface area contributed by atoms with Crippen molar-refractivity contribution >= 4 is 0 Å². The molecule has 1 aromatic heterocycles. The summed E-state index contributed by atoms with van der Waals surface area (Å²) in [4.78, 5) is 3.96. The van der Waals surface area contributed by atoms with Gasteiger partial charge in [0.15, 0.2) is 0 Å². The van der Waals surface area contributed by atoms with Crippen molar-refractivity contribution in [2.45, 2.75) is 25.9 Å². The molecule has 84 valence electrons. The van der Waals surface area contributed by atoms with E-state index in [0.717, 1.165) is 5.56 Å². The number of aryl methyl sites for hydroxylation is 1. The molecule has 2 aromatic rings. The molecule has 2 atom stereocenters. The topological polar surface area (TPSA) is 56.7 Å². The van der Waals surface area contributed by atoms with Crippen LogP contribution in [-0.4, -0.2) is 20.8 Å². The van der Waals surface area contributed by atoms with Crippen molar-refractivity contribution in [1.29, 1.82) is 0 Å². The van der Waals surface area contributed by atoms with Crippen molar-refractivity contribution in [3.05, 3.63) is 48.0 Å². The summed E-state index contributed by atoms with van der Waals surface area (Å²) in [5.41, 5.74) is 8.41. The van der Waals surface area contributed by atoms with Gasteiger partial charge in [0.2, 0.25) is 0 Å². The predicted molar refractivity (Wildman–Crippen MR) is 63.0 cm³/mol. The van der Waals surface area contributed by atoms with E-state index < -0.39 is 0 Å². The number of hydrogen-bond acceptors (Lipinski definition) is 3. The molecule has 2 N–H and O–H groups in total.